The van der Waals surface area contributed by atoms with Crippen molar-refractivity contribution in [3.05, 3.63) is 83.4 Å². The van der Waals surface area contributed by atoms with Gasteiger partial charge in [-0.3, -0.25) is 4.79 Å². The molecule has 2 aromatic carbocycles. The highest BCUT2D eigenvalue weighted by Gasteiger charge is 2.28. The molecule has 0 spiro atoms. The average Bonchev–Trinajstić information content (AvgIpc) is 3.16. The zero-order chi connectivity index (χ0) is 20.2. The third-order valence-electron chi connectivity index (χ3n) is 5.52. The molecule has 5 nitrogen and oxygen atoms in total. The van der Waals surface area contributed by atoms with Crippen LogP contribution in [-0.4, -0.2) is 40.2 Å². The second-order valence-electron chi connectivity index (χ2n) is 7.44. The molecule has 1 aliphatic rings. The minimum atomic E-state index is -0.283. The maximum Gasteiger partial charge on any atom is 0.253 e. The van der Waals surface area contributed by atoms with Crippen molar-refractivity contribution in [2.24, 2.45) is 5.73 Å². The Hall–Kier alpha value is -2.99. The van der Waals surface area contributed by atoms with Crippen LogP contribution in [0.1, 0.15) is 40.4 Å². The summed E-state index contributed by atoms with van der Waals surface area (Å²) in [5.41, 5.74) is 8.72. The Morgan fingerprint density at radius 2 is 1.76 bits per heavy atom. The number of carbonyl (C=O) groups is 1. The van der Waals surface area contributed by atoms with Crippen LogP contribution in [-0.2, 0) is 6.42 Å². The number of rotatable bonds is 5. The van der Waals surface area contributed by atoms with Crippen molar-refractivity contribution in [2.45, 2.75) is 25.2 Å². The van der Waals surface area contributed by atoms with Crippen molar-refractivity contribution in [1.29, 1.82) is 0 Å². The number of likely N-dealkylation sites (tertiary alicyclic amines) is 1. The lowest BCUT2D eigenvalue weighted by Gasteiger charge is -2.31. The molecule has 29 heavy (non-hydrogen) atoms. The van der Waals surface area contributed by atoms with Gasteiger partial charge in [0.2, 0.25) is 0 Å². The second kappa shape index (κ2) is 8.57. The fraction of sp³-hybridized carbons (Fsp3) is 0.304. The summed E-state index contributed by atoms with van der Waals surface area (Å²) in [6.45, 7) is 1.80. The van der Waals surface area contributed by atoms with Crippen molar-refractivity contribution in [3.8, 4) is 5.69 Å². The third kappa shape index (κ3) is 4.22. The molecule has 1 saturated heterocycles. The molecule has 1 fully saturated rings. The normalized spacial score (nSPS) is 14.9. The number of nitrogens with zero attached hydrogens (tertiary/aromatic N) is 3. The van der Waals surface area contributed by atoms with Crippen LogP contribution in [0.2, 0.25) is 0 Å². The number of piperidine rings is 1. The first-order valence-electron chi connectivity index (χ1n) is 10.0. The summed E-state index contributed by atoms with van der Waals surface area (Å²) in [7, 11) is 0. The molecule has 0 radical (unpaired) electrons. The lowest BCUT2D eigenvalue weighted by Crippen LogP contribution is -2.38. The van der Waals surface area contributed by atoms with Gasteiger partial charge in [0.1, 0.15) is 5.69 Å². The topological polar surface area (TPSA) is 64.2 Å². The highest BCUT2D eigenvalue weighted by Crippen LogP contribution is 2.30. The molecule has 6 heteroatoms. The Balaban J connectivity index is 1.40. The molecule has 0 unspecified atom stereocenters. The monoisotopic (exact) mass is 392 g/mol. The predicted molar refractivity (Wildman–Crippen MR) is 111 cm³/mol. The molecule has 3 aromatic rings. The quantitative estimate of drug-likeness (QED) is 0.722. The number of nitrogens with two attached hydrogens (primary N) is 1. The average molecular weight is 392 g/mol. The van der Waals surface area contributed by atoms with Gasteiger partial charge in [-0.15, -0.1) is 0 Å². The Kier molecular flexibility index (Phi) is 5.71. The van der Waals surface area contributed by atoms with Crippen molar-refractivity contribution in [2.75, 3.05) is 19.6 Å². The standard InChI is InChI=1S/C23H25FN4O/c24-21-16-28(20-4-2-1-3-5-20)26-22(21)18-11-14-27(15-12-18)23(29)19-8-6-17(7-9-19)10-13-25/h1-9,16,18H,10-15,25H2. The number of amides is 1. The van der Waals surface area contributed by atoms with E-state index in [0.29, 0.717) is 43.7 Å². The highest BCUT2D eigenvalue weighted by atomic mass is 19.1. The summed E-state index contributed by atoms with van der Waals surface area (Å²) in [6.07, 6.45) is 3.66. The van der Waals surface area contributed by atoms with Crippen LogP contribution in [0.3, 0.4) is 0 Å². The molecule has 1 aromatic heterocycles. The summed E-state index contributed by atoms with van der Waals surface area (Å²) in [5, 5.41) is 4.49. The fourth-order valence-corrected chi connectivity index (χ4v) is 3.88. The number of hydrogen-bond acceptors (Lipinski definition) is 3. The number of aromatic nitrogens is 2. The first kappa shape index (κ1) is 19.3. The van der Waals surface area contributed by atoms with Crippen LogP contribution in [0.4, 0.5) is 4.39 Å². The van der Waals surface area contributed by atoms with Crippen molar-refractivity contribution < 1.29 is 9.18 Å². The minimum Gasteiger partial charge on any atom is -0.339 e. The molecule has 2 N–H and O–H groups in total. The van der Waals surface area contributed by atoms with E-state index < -0.39 is 0 Å². The van der Waals surface area contributed by atoms with Crippen LogP contribution in [0, 0.1) is 5.82 Å². The van der Waals surface area contributed by atoms with Gasteiger partial charge in [0, 0.05) is 24.6 Å². The molecule has 0 aliphatic carbocycles. The highest BCUT2D eigenvalue weighted by molar-refractivity contribution is 5.94. The molecule has 0 atom stereocenters. The van der Waals surface area contributed by atoms with Gasteiger partial charge in [-0.05, 0) is 55.6 Å². The molecule has 4 rings (SSSR count). The van der Waals surface area contributed by atoms with Gasteiger partial charge in [0.05, 0.1) is 11.9 Å². The maximum absolute atomic E-state index is 14.5. The Bertz CT molecular complexity index is 960. The van der Waals surface area contributed by atoms with Crippen LogP contribution < -0.4 is 5.73 Å². The van der Waals surface area contributed by atoms with E-state index in [4.69, 9.17) is 5.73 Å². The first-order valence-corrected chi connectivity index (χ1v) is 10.0. The van der Waals surface area contributed by atoms with E-state index in [1.54, 1.807) is 4.68 Å². The number of carbonyl (C=O) groups excluding carboxylic acids is 1. The Labute approximate surface area is 169 Å². The molecule has 0 bridgehead atoms. The molecule has 1 aliphatic heterocycles. The second-order valence-corrected chi connectivity index (χ2v) is 7.44. The van der Waals surface area contributed by atoms with E-state index in [-0.39, 0.29) is 17.6 Å². The van der Waals surface area contributed by atoms with E-state index in [9.17, 15) is 9.18 Å². The van der Waals surface area contributed by atoms with Gasteiger partial charge < -0.3 is 10.6 Å². The van der Waals surface area contributed by atoms with Crippen molar-refractivity contribution in [3.63, 3.8) is 0 Å². The van der Waals surface area contributed by atoms with E-state index in [2.05, 4.69) is 5.10 Å². The lowest BCUT2D eigenvalue weighted by atomic mass is 9.93. The predicted octanol–water partition coefficient (Wildman–Crippen LogP) is 3.53. The molecule has 2 heterocycles. The van der Waals surface area contributed by atoms with Crippen LogP contribution >= 0.6 is 0 Å². The van der Waals surface area contributed by atoms with Crippen molar-refractivity contribution in [1.82, 2.24) is 14.7 Å². The van der Waals surface area contributed by atoms with Gasteiger partial charge in [0.25, 0.3) is 5.91 Å². The summed E-state index contributed by atoms with van der Waals surface area (Å²) in [5.74, 6) is -0.233. The zero-order valence-corrected chi connectivity index (χ0v) is 16.3. The van der Waals surface area contributed by atoms with Gasteiger partial charge in [-0.2, -0.15) is 5.10 Å². The minimum absolute atomic E-state index is 0.0240. The summed E-state index contributed by atoms with van der Waals surface area (Å²) in [4.78, 5) is 14.6. The summed E-state index contributed by atoms with van der Waals surface area (Å²) < 4.78 is 16.1. The maximum atomic E-state index is 14.5. The van der Waals surface area contributed by atoms with Gasteiger partial charge in [-0.25, -0.2) is 9.07 Å². The molecule has 150 valence electrons. The summed E-state index contributed by atoms with van der Waals surface area (Å²) in [6, 6.07) is 17.2. The summed E-state index contributed by atoms with van der Waals surface area (Å²) >= 11 is 0. The lowest BCUT2D eigenvalue weighted by molar-refractivity contribution is 0.0711. The Morgan fingerprint density at radius 3 is 2.41 bits per heavy atom. The number of para-hydroxylation sites is 1. The van der Waals surface area contributed by atoms with Crippen LogP contribution in [0.25, 0.3) is 5.69 Å². The molecule has 1 amide bonds. The SMILES string of the molecule is NCCc1ccc(C(=O)N2CCC(c3nn(-c4ccccc4)cc3F)CC2)cc1. The molecular weight excluding hydrogens is 367 g/mol. The first-order chi connectivity index (χ1) is 14.2. The van der Waals surface area contributed by atoms with E-state index in [1.165, 1.54) is 6.20 Å². The smallest absolute Gasteiger partial charge is 0.253 e. The van der Waals surface area contributed by atoms with Gasteiger partial charge >= 0.3 is 0 Å². The van der Waals surface area contributed by atoms with E-state index in [0.717, 1.165) is 17.7 Å². The van der Waals surface area contributed by atoms with Crippen LogP contribution in [0.5, 0.6) is 0 Å². The number of benzene rings is 2. The van der Waals surface area contributed by atoms with Gasteiger partial charge in [-0.1, -0.05) is 30.3 Å². The fourth-order valence-electron chi connectivity index (χ4n) is 3.88. The Morgan fingerprint density at radius 1 is 1.07 bits per heavy atom. The zero-order valence-electron chi connectivity index (χ0n) is 16.3. The number of halogens is 1. The van der Waals surface area contributed by atoms with E-state index in [1.807, 2.05) is 59.5 Å². The third-order valence-corrected chi connectivity index (χ3v) is 5.52. The number of hydrogen-bond donors (Lipinski definition) is 1. The van der Waals surface area contributed by atoms with Crippen LogP contribution in [0.15, 0.2) is 60.8 Å². The molecular formula is C23H25FN4O. The molecule has 0 saturated carbocycles. The van der Waals surface area contributed by atoms with E-state index >= 15 is 0 Å². The largest absolute Gasteiger partial charge is 0.339 e. The van der Waals surface area contributed by atoms with Gasteiger partial charge in [0.15, 0.2) is 5.82 Å². The van der Waals surface area contributed by atoms with Crippen molar-refractivity contribution >= 4 is 5.91 Å².